The van der Waals surface area contributed by atoms with Crippen LogP contribution in [0.3, 0.4) is 0 Å². The summed E-state index contributed by atoms with van der Waals surface area (Å²) in [6.45, 7) is 11.8. The number of carbonyl (C=O) groups is 4. The van der Waals surface area contributed by atoms with Crippen molar-refractivity contribution < 1.29 is 80.2 Å². The molecule has 3 N–H and O–H groups in total. The van der Waals surface area contributed by atoms with Crippen molar-refractivity contribution in [3.63, 3.8) is 0 Å². The maximum atomic E-state index is 13.1. The molecule has 0 fully saturated rings. The molecule has 3 unspecified atom stereocenters. The summed E-state index contributed by atoms with van der Waals surface area (Å²) in [6.07, 6.45) is 50.1. The molecule has 0 aromatic carbocycles. The average Bonchev–Trinajstić information content (AvgIpc) is 1.77. The molecule has 6 atom stereocenters. The van der Waals surface area contributed by atoms with Crippen LogP contribution in [0.25, 0.3) is 0 Å². The third-order valence-corrected chi connectivity index (χ3v) is 19.4. The number of rotatable bonds is 72. The second-order valence-corrected chi connectivity index (χ2v) is 30.8. The monoisotopic (exact) mass is 1370 g/mol. The van der Waals surface area contributed by atoms with Crippen molar-refractivity contribution in [2.24, 2.45) is 17.8 Å². The zero-order valence-corrected chi connectivity index (χ0v) is 62.5. The predicted molar refractivity (Wildman–Crippen MR) is 377 cm³/mol. The van der Waals surface area contributed by atoms with Gasteiger partial charge in [0.05, 0.1) is 26.4 Å². The summed E-state index contributed by atoms with van der Waals surface area (Å²) in [5, 5.41) is 10.6. The minimum atomic E-state index is -4.95. The molecule has 0 saturated carbocycles. The van der Waals surface area contributed by atoms with Crippen LogP contribution in [0.15, 0.2) is 0 Å². The molecule has 19 heteroatoms. The van der Waals surface area contributed by atoms with Crippen molar-refractivity contribution in [3.05, 3.63) is 0 Å². The lowest BCUT2D eigenvalue weighted by Crippen LogP contribution is -2.30. The fraction of sp³-hybridized carbons (Fsp3) is 0.946. The van der Waals surface area contributed by atoms with Crippen molar-refractivity contribution in [1.82, 2.24) is 0 Å². The lowest BCUT2D eigenvalue weighted by atomic mass is 10.00. The highest BCUT2D eigenvalue weighted by Crippen LogP contribution is 2.45. The van der Waals surface area contributed by atoms with Crippen LogP contribution in [0.2, 0.25) is 0 Å². The van der Waals surface area contributed by atoms with E-state index in [0.717, 1.165) is 114 Å². The van der Waals surface area contributed by atoms with Crippen LogP contribution in [0.4, 0.5) is 0 Å². The summed E-state index contributed by atoms with van der Waals surface area (Å²) in [4.78, 5) is 72.6. The van der Waals surface area contributed by atoms with E-state index in [4.69, 9.17) is 37.0 Å². The zero-order chi connectivity index (χ0) is 68.7. The van der Waals surface area contributed by atoms with E-state index in [1.165, 1.54) is 180 Å². The Morgan fingerprint density at radius 3 is 0.817 bits per heavy atom. The van der Waals surface area contributed by atoms with E-state index in [2.05, 4.69) is 48.5 Å². The first-order valence-corrected chi connectivity index (χ1v) is 41.4. The third kappa shape index (κ3) is 67.0. The van der Waals surface area contributed by atoms with E-state index in [-0.39, 0.29) is 25.7 Å². The Bertz CT molecular complexity index is 1820. The summed E-state index contributed by atoms with van der Waals surface area (Å²) >= 11 is 0. The quantitative estimate of drug-likeness (QED) is 0.0222. The van der Waals surface area contributed by atoms with Gasteiger partial charge in [-0.1, -0.05) is 325 Å². The van der Waals surface area contributed by atoms with Gasteiger partial charge in [-0.2, -0.15) is 0 Å². The molecule has 0 aliphatic heterocycles. The molecule has 0 amide bonds. The van der Waals surface area contributed by atoms with Gasteiger partial charge in [0.25, 0.3) is 0 Å². The molecule has 17 nitrogen and oxygen atoms in total. The lowest BCUT2D eigenvalue weighted by Gasteiger charge is -2.21. The second kappa shape index (κ2) is 64.7. The number of unbranched alkanes of at least 4 members (excludes halogenated alkanes) is 39. The van der Waals surface area contributed by atoms with Gasteiger partial charge in [-0.25, -0.2) is 9.13 Å². The number of ether oxygens (including phenoxy) is 4. The number of hydrogen-bond acceptors (Lipinski definition) is 15. The van der Waals surface area contributed by atoms with Crippen molar-refractivity contribution >= 4 is 39.5 Å². The van der Waals surface area contributed by atoms with Gasteiger partial charge in [0, 0.05) is 25.7 Å². The van der Waals surface area contributed by atoms with Crippen LogP contribution >= 0.6 is 15.6 Å². The SMILES string of the molecule is CCCCCCCCCCCCCC(=O)O[C@H](COC(=O)CCCCCCCCC(C)CC)COP(=O)(O)OC[C@H](O)COP(=O)(O)OC[C@@H](COC(=O)CCCCCCCCCCC(C)C)OC(=O)CCCCCCCCCCCCCCCCCCCCC(C)C. The molecule has 552 valence electrons. The predicted octanol–water partition coefficient (Wildman–Crippen LogP) is 21.4. The Hall–Kier alpha value is -1.94. The van der Waals surface area contributed by atoms with E-state index >= 15 is 0 Å². The first kappa shape index (κ1) is 91.1. The molecule has 0 spiro atoms. The van der Waals surface area contributed by atoms with Crippen molar-refractivity contribution in [3.8, 4) is 0 Å². The molecule has 0 saturated heterocycles. The lowest BCUT2D eigenvalue weighted by molar-refractivity contribution is -0.161. The van der Waals surface area contributed by atoms with Crippen LogP contribution in [0.5, 0.6) is 0 Å². The Morgan fingerprint density at radius 2 is 0.548 bits per heavy atom. The number of esters is 4. The average molecular weight is 1370 g/mol. The van der Waals surface area contributed by atoms with E-state index < -0.39 is 97.5 Å². The first-order valence-electron chi connectivity index (χ1n) is 38.4. The van der Waals surface area contributed by atoms with Crippen molar-refractivity contribution in [2.75, 3.05) is 39.6 Å². The van der Waals surface area contributed by atoms with E-state index in [1.807, 2.05) is 0 Å². The standard InChI is InChI=1S/C74H144O17P2/c1-8-10-11-12-13-14-23-27-34-43-50-57-73(78)91-70(62-85-72(77)56-49-42-37-36-40-47-54-67(7)9-2)64-89-93(82,83)87-60-68(75)59-86-92(80,81)88-63-69(61-84-71(76)55-48-41-33-30-29-32-39-46-53-66(5)6)90-74(79)58-51-44-35-28-25-22-20-18-16-15-17-19-21-24-26-31-38-45-52-65(3)4/h65-70,75H,8-64H2,1-7H3,(H,80,81)(H,82,83)/t67?,68-,69-,70-/m1/s1. The molecule has 0 aromatic rings. The number of aliphatic hydroxyl groups is 1. The van der Waals surface area contributed by atoms with Gasteiger partial charge in [-0.15, -0.1) is 0 Å². The number of aliphatic hydroxyl groups excluding tert-OH is 1. The molecule has 0 radical (unpaired) electrons. The van der Waals surface area contributed by atoms with Crippen molar-refractivity contribution in [2.45, 2.75) is 394 Å². The highest BCUT2D eigenvalue weighted by Gasteiger charge is 2.30. The fourth-order valence-corrected chi connectivity index (χ4v) is 12.8. The molecule has 0 heterocycles. The molecule has 0 rings (SSSR count). The van der Waals surface area contributed by atoms with Gasteiger partial charge >= 0.3 is 39.5 Å². The van der Waals surface area contributed by atoms with Crippen LogP contribution in [0.1, 0.15) is 376 Å². The number of phosphoric acid groups is 2. The normalized spacial score (nSPS) is 14.4. The largest absolute Gasteiger partial charge is 0.472 e. The molecule has 0 bridgehead atoms. The van der Waals surface area contributed by atoms with E-state index in [1.54, 1.807) is 0 Å². The molecule has 0 aliphatic carbocycles. The zero-order valence-electron chi connectivity index (χ0n) is 60.7. The molecular formula is C74H144O17P2. The molecule has 0 aliphatic rings. The van der Waals surface area contributed by atoms with Gasteiger partial charge in [0.2, 0.25) is 0 Å². The number of carbonyl (C=O) groups excluding carboxylic acids is 4. The highest BCUT2D eigenvalue weighted by atomic mass is 31.2. The molecular weight excluding hydrogens is 1220 g/mol. The van der Waals surface area contributed by atoms with Gasteiger partial charge in [0.15, 0.2) is 12.2 Å². The van der Waals surface area contributed by atoms with Gasteiger partial charge in [0.1, 0.15) is 19.3 Å². The minimum Gasteiger partial charge on any atom is -0.462 e. The van der Waals surface area contributed by atoms with E-state index in [9.17, 15) is 43.2 Å². The topological polar surface area (TPSA) is 237 Å². The minimum absolute atomic E-state index is 0.106. The van der Waals surface area contributed by atoms with Gasteiger partial charge in [-0.3, -0.25) is 37.3 Å². The summed E-state index contributed by atoms with van der Waals surface area (Å²) < 4.78 is 68.4. The van der Waals surface area contributed by atoms with Gasteiger partial charge < -0.3 is 33.8 Å². The van der Waals surface area contributed by atoms with Crippen LogP contribution in [0, 0.1) is 17.8 Å². The Kier molecular flexibility index (Phi) is 63.4. The summed E-state index contributed by atoms with van der Waals surface area (Å²) in [5.74, 6) is 0.155. The van der Waals surface area contributed by atoms with Crippen LogP contribution in [-0.2, 0) is 65.4 Å². The Balaban J connectivity index is 5.18. The van der Waals surface area contributed by atoms with Crippen LogP contribution < -0.4 is 0 Å². The van der Waals surface area contributed by atoms with Gasteiger partial charge in [-0.05, 0) is 43.4 Å². The highest BCUT2D eigenvalue weighted by molar-refractivity contribution is 7.47. The second-order valence-electron chi connectivity index (χ2n) is 27.9. The number of phosphoric ester groups is 2. The molecule has 0 aromatic heterocycles. The van der Waals surface area contributed by atoms with Crippen molar-refractivity contribution in [1.29, 1.82) is 0 Å². The van der Waals surface area contributed by atoms with Crippen LogP contribution in [-0.4, -0.2) is 96.7 Å². The Morgan fingerprint density at radius 1 is 0.312 bits per heavy atom. The third-order valence-electron chi connectivity index (χ3n) is 17.5. The summed E-state index contributed by atoms with van der Waals surface area (Å²) in [5.41, 5.74) is 0. The Labute approximate surface area is 568 Å². The smallest absolute Gasteiger partial charge is 0.462 e. The maximum Gasteiger partial charge on any atom is 0.472 e. The van der Waals surface area contributed by atoms with E-state index in [0.29, 0.717) is 25.7 Å². The summed E-state index contributed by atoms with van der Waals surface area (Å²) in [7, 11) is -9.91. The number of hydrogen-bond donors (Lipinski definition) is 3. The maximum absolute atomic E-state index is 13.1. The summed E-state index contributed by atoms with van der Waals surface area (Å²) in [6, 6.07) is 0. The molecule has 93 heavy (non-hydrogen) atoms. The fourth-order valence-electron chi connectivity index (χ4n) is 11.2. The first-order chi connectivity index (χ1) is 44.8.